The van der Waals surface area contributed by atoms with Gasteiger partial charge in [0, 0.05) is 11.6 Å². The van der Waals surface area contributed by atoms with Gasteiger partial charge in [0.2, 0.25) is 0 Å². The minimum absolute atomic E-state index is 0.141. The fourth-order valence-electron chi connectivity index (χ4n) is 2.34. The summed E-state index contributed by atoms with van der Waals surface area (Å²) in [4.78, 5) is 0. The van der Waals surface area contributed by atoms with Gasteiger partial charge in [0.05, 0.1) is 0 Å². The summed E-state index contributed by atoms with van der Waals surface area (Å²) in [7, 11) is 0. The van der Waals surface area contributed by atoms with Gasteiger partial charge in [-0.25, -0.2) is 4.39 Å². The van der Waals surface area contributed by atoms with E-state index in [0.717, 1.165) is 12.0 Å². The van der Waals surface area contributed by atoms with Gasteiger partial charge in [0.25, 0.3) is 0 Å². The van der Waals surface area contributed by atoms with Crippen molar-refractivity contribution in [2.24, 2.45) is 0 Å². The molecule has 0 saturated carbocycles. The Balaban J connectivity index is 2.17. The summed E-state index contributed by atoms with van der Waals surface area (Å²) in [6.45, 7) is 4.41. The van der Waals surface area contributed by atoms with Crippen LogP contribution in [-0.4, -0.2) is 5.54 Å². The van der Waals surface area contributed by atoms with Gasteiger partial charge in [-0.05, 0) is 50.8 Å². The van der Waals surface area contributed by atoms with E-state index >= 15 is 0 Å². The Labute approximate surface area is 90.7 Å². The van der Waals surface area contributed by atoms with Gasteiger partial charge in [0.1, 0.15) is 5.82 Å². The molecule has 1 aromatic rings. The first-order valence-electron chi connectivity index (χ1n) is 5.60. The highest BCUT2D eigenvalue weighted by Crippen LogP contribution is 2.30. The second kappa shape index (κ2) is 3.93. The largest absolute Gasteiger partial charge is 0.305 e. The van der Waals surface area contributed by atoms with E-state index in [0.29, 0.717) is 6.04 Å². The third kappa shape index (κ3) is 2.57. The smallest absolute Gasteiger partial charge is 0.123 e. The van der Waals surface area contributed by atoms with Crippen molar-refractivity contribution in [3.05, 3.63) is 35.6 Å². The quantitative estimate of drug-likeness (QED) is 0.744. The lowest BCUT2D eigenvalue weighted by Gasteiger charge is -2.37. The molecule has 2 heteroatoms. The first-order valence-corrected chi connectivity index (χ1v) is 5.60. The van der Waals surface area contributed by atoms with E-state index in [4.69, 9.17) is 0 Å². The van der Waals surface area contributed by atoms with Crippen LogP contribution in [0.2, 0.25) is 0 Å². The van der Waals surface area contributed by atoms with Crippen LogP contribution in [0.1, 0.15) is 44.7 Å². The van der Waals surface area contributed by atoms with E-state index in [-0.39, 0.29) is 11.4 Å². The van der Waals surface area contributed by atoms with E-state index < -0.39 is 0 Å². The number of hydrogen-bond donors (Lipinski definition) is 1. The van der Waals surface area contributed by atoms with E-state index in [2.05, 4.69) is 19.2 Å². The van der Waals surface area contributed by atoms with Gasteiger partial charge < -0.3 is 5.32 Å². The van der Waals surface area contributed by atoms with Crippen molar-refractivity contribution in [1.82, 2.24) is 5.32 Å². The SMILES string of the molecule is CC1(C)CCC[C@H](c2cccc(F)c2)N1. The van der Waals surface area contributed by atoms with Crippen molar-refractivity contribution < 1.29 is 4.39 Å². The molecule has 82 valence electrons. The summed E-state index contributed by atoms with van der Waals surface area (Å²) in [6, 6.07) is 7.23. The predicted octanol–water partition coefficient (Wildman–Crippen LogP) is 3.42. The molecule has 0 radical (unpaired) electrons. The second-order valence-electron chi connectivity index (χ2n) is 5.03. The summed E-state index contributed by atoms with van der Waals surface area (Å²) in [5.41, 5.74) is 1.25. The summed E-state index contributed by atoms with van der Waals surface area (Å²) < 4.78 is 13.1. The zero-order chi connectivity index (χ0) is 10.9. The number of piperidine rings is 1. The van der Waals surface area contributed by atoms with E-state index in [1.54, 1.807) is 12.1 Å². The Morgan fingerprint density at radius 2 is 2.20 bits per heavy atom. The van der Waals surface area contributed by atoms with Gasteiger partial charge in [-0.15, -0.1) is 0 Å². The van der Waals surface area contributed by atoms with Crippen LogP contribution in [0.5, 0.6) is 0 Å². The van der Waals surface area contributed by atoms with E-state index in [1.165, 1.54) is 18.9 Å². The van der Waals surface area contributed by atoms with Crippen LogP contribution in [0.3, 0.4) is 0 Å². The maximum absolute atomic E-state index is 13.1. The minimum Gasteiger partial charge on any atom is -0.305 e. The summed E-state index contributed by atoms with van der Waals surface area (Å²) in [5.74, 6) is -0.141. The minimum atomic E-state index is -0.141. The molecular weight excluding hydrogens is 189 g/mol. The van der Waals surface area contributed by atoms with Gasteiger partial charge >= 0.3 is 0 Å². The molecule has 1 aliphatic rings. The van der Waals surface area contributed by atoms with Crippen molar-refractivity contribution in [3.8, 4) is 0 Å². The van der Waals surface area contributed by atoms with Gasteiger partial charge in [0.15, 0.2) is 0 Å². The number of benzene rings is 1. The molecule has 0 unspecified atom stereocenters. The van der Waals surface area contributed by atoms with Crippen LogP contribution in [0, 0.1) is 5.82 Å². The lowest BCUT2D eigenvalue weighted by molar-refractivity contribution is 0.245. The molecule has 2 rings (SSSR count). The van der Waals surface area contributed by atoms with Crippen LogP contribution in [0.15, 0.2) is 24.3 Å². The average molecular weight is 207 g/mol. The van der Waals surface area contributed by atoms with Gasteiger partial charge in [-0.2, -0.15) is 0 Å². The highest BCUT2D eigenvalue weighted by Gasteiger charge is 2.27. The molecular formula is C13H18FN. The molecule has 1 atom stereocenters. The third-order valence-electron chi connectivity index (χ3n) is 3.11. The zero-order valence-corrected chi connectivity index (χ0v) is 9.39. The molecule has 15 heavy (non-hydrogen) atoms. The molecule has 0 bridgehead atoms. The van der Waals surface area contributed by atoms with Crippen LogP contribution < -0.4 is 5.32 Å². The standard InChI is InChI=1S/C13H18FN/c1-13(2)8-4-7-12(15-13)10-5-3-6-11(14)9-10/h3,5-6,9,12,15H,4,7-8H2,1-2H3/t12-/m1/s1. The predicted molar refractivity (Wildman–Crippen MR) is 60.2 cm³/mol. The van der Waals surface area contributed by atoms with Crippen molar-refractivity contribution in [2.75, 3.05) is 0 Å². The number of halogens is 1. The molecule has 1 heterocycles. The fraction of sp³-hybridized carbons (Fsp3) is 0.538. The zero-order valence-electron chi connectivity index (χ0n) is 9.39. The van der Waals surface area contributed by atoms with Crippen LogP contribution in [0.25, 0.3) is 0 Å². The van der Waals surface area contributed by atoms with Crippen LogP contribution >= 0.6 is 0 Å². The Hall–Kier alpha value is -0.890. The van der Waals surface area contributed by atoms with Gasteiger partial charge in [-0.1, -0.05) is 12.1 Å². The molecule has 1 nitrogen and oxygen atoms in total. The van der Waals surface area contributed by atoms with E-state index in [1.807, 2.05) is 6.07 Å². The Bertz CT molecular complexity index is 346. The molecule has 1 fully saturated rings. The second-order valence-corrected chi connectivity index (χ2v) is 5.03. The topological polar surface area (TPSA) is 12.0 Å². The lowest BCUT2D eigenvalue weighted by atomic mass is 9.86. The van der Waals surface area contributed by atoms with Crippen LogP contribution in [-0.2, 0) is 0 Å². The lowest BCUT2D eigenvalue weighted by Crippen LogP contribution is -2.44. The molecule has 1 N–H and O–H groups in total. The maximum Gasteiger partial charge on any atom is 0.123 e. The molecule has 0 aliphatic carbocycles. The first-order chi connectivity index (χ1) is 7.07. The monoisotopic (exact) mass is 207 g/mol. The Morgan fingerprint density at radius 3 is 2.87 bits per heavy atom. The van der Waals surface area contributed by atoms with Crippen molar-refractivity contribution >= 4 is 0 Å². The normalized spacial score (nSPS) is 25.1. The molecule has 0 spiro atoms. The first kappa shape index (κ1) is 10.6. The number of rotatable bonds is 1. The fourth-order valence-corrected chi connectivity index (χ4v) is 2.34. The number of nitrogens with one attached hydrogen (secondary N) is 1. The highest BCUT2D eigenvalue weighted by molar-refractivity contribution is 5.21. The molecule has 1 aliphatic heterocycles. The van der Waals surface area contributed by atoms with E-state index in [9.17, 15) is 4.39 Å². The third-order valence-corrected chi connectivity index (χ3v) is 3.11. The molecule has 1 saturated heterocycles. The van der Waals surface area contributed by atoms with Crippen molar-refractivity contribution in [3.63, 3.8) is 0 Å². The summed E-state index contributed by atoms with van der Waals surface area (Å²) in [5, 5.41) is 3.57. The van der Waals surface area contributed by atoms with Crippen LogP contribution in [0.4, 0.5) is 4.39 Å². The number of hydrogen-bond acceptors (Lipinski definition) is 1. The Morgan fingerprint density at radius 1 is 1.40 bits per heavy atom. The maximum atomic E-state index is 13.1. The molecule has 0 aromatic heterocycles. The highest BCUT2D eigenvalue weighted by atomic mass is 19.1. The molecule has 0 amide bonds. The van der Waals surface area contributed by atoms with Crippen molar-refractivity contribution in [1.29, 1.82) is 0 Å². The van der Waals surface area contributed by atoms with Crippen molar-refractivity contribution in [2.45, 2.75) is 44.7 Å². The summed E-state index contributed by atoms with van der Waals surface area (Å²) in [6.07, 6.45) is 3.51. The Kier molecular flexibility index (Phi) is 2.79. The molecule has 1 aromatic carbocycles. The van der Waals surface area contributed by atoms with Gasteiger partial charge in [-0.3, -0.25) is 0 Å². The summed E-state index contributed by atoms with van der Waals surface area (Å²) >= 11 is 0. The average Bonchev–Trinajstić information content (AvgIpc) is 2.16.